The lowest BCUT2D eigenvalue weighted by molar-refractivity contribution is -0.139. The molecule has 0 heterocycles. The molecule has 0 saturated heterocycles. The first-order valence-electron chi connectivity index (χ1n) is 14.3. The average molecular weight is 598 g/mol. The van der Waals surface area contributed by atoms with E-state index in [9.17, 15) is 18.0 Å². The van der Waals surface area contributed by atoms with Crippen LogP contribution in [0.2, 0.25) is 0 Å². The second-order valence-electron chi connectivity index (χ2n) is 10.9. The largest absolute Gasteiger partial charge is 0.357 e. The first kappa shape index (κ1) is 31.5. The van der Waals surface area contributed by atoms with E-state index in [1.807, 2.05) is 94.4 Å². The Morgan fingerprint density at radius 1 is 0.767 bits per heavy atom. The number of anilines is 1. The molecule has 7 nitrogen and oxygen atoms in total. The molecule has 0 saturated carbocycles. The molecule has 0 aliphatic rings. The molecule has 4 rings (SSSR count). The lowest BCUT2D eigenvalue weighted by Gasteiger charge is -2.34. The van der Waals surface area contributed by atoms with Gasteiger partial charge in [-0.1, -0.05) is 84.4 Å². The number of rotatable bonds is 11. The van der Waals surface area contributed by atoms with Crippen molar-refractivity contribution >= 4 is 27.5 Å². The Hall–Kier alpha value is -4.43. The molecule has 0 radical (unpaired) electrons. The molecule has 2 amide bonds. The monoisotopic (exact) mass is 597 g/mol. The van der Waals surface area contributed by atoms with Gasteiger partial charge in [0.1, 0.15) is 12.6 Å². The molecule has 0 bridgehead atoms. The predicted octanol–water partition coefficient (Wildman–Crippen LogP) is 5.50. The molecule has 1 N–H and O–H groups in total. The Kier molecular flexibility index (Phi) is 10.0. The number of carbonyl (C=O) groups excluding carboxylic acids is 2. The number of benzene rings is 4. The van der Waals surface area contributed by atoms with Crippen LogP contribution in [0.4, 0.5) is 5.69 Å². The van der Waals surface area contributed by atoms with Crippen LogP contribution in [0.15, 0.2) is 102 Å². The number of nitrogens with one attached hydrogen (secondary N) is 1. The van der Waals surface area contributed by atoms with Gasteiger partial charge in [-0.05, 0) is 73.7 Å². The van der Waals surface area contributed by atoms with E-state index in [-0.39, 0.29) is 23.8 Å². The first-order chi connectivity index (χ1) is 20.5. The van der Waals surface area contributed by atoms with Gasteiger partial charge in [-0.2, -0.15) is 0 Å². The van der Waals surface area contributed by atoms with Gasteiger partial charge in [0.15, 0.2) is 0 Å². The summed E-state index contributed by atoms with van der Waals surface area (Å²) in [5.41, 5.74) is 5.65. The maximum Gasteiger partial charge on any atom is 0.264 e. The highest BCUT2D eigenvalue weighted by Gasteiger charge is 2.35. The Bertz CT molecular complexity index is 1690. The highest BCUT2D eigenvalue weighted by atomic mass is 32.2. The quantitative estimate of drug-likeness (QED) is 0.247. The second-order valence-corrected chi connectivity index (χ2v) is 12.7. The lowest BCUT2D eigenvalue weighted by atomic mass is 10.0. The van der Waals surface area contributed by atoms with E-state index < -0.39 is 28.5 Å². The van der Waals surface area contributed by atoms with Gasteiger partial charge >= 0.3 is 0 Å². The molecule has 0 aliphatic carbocycles. The van der Waals surface area contributed by atoms with Crippen molar-refractivity contribution in [3.8, 4) is 0 Å². The lowest BCUT2D eigenvalue weighted by Crippen LogP contribution is -2.53. The predicted molar refractivity (Wildman–Crippen MR) is 171 cm³/mol. The van der Waals surface area contributed by atoms with Crippen molar-refractivity contribution in [1.82, 2.24) is 10.2 Å². The average Bonchev–Trinajstić information content (AvgIpc) is 3.00. The minimum absolute atomic E-state index is 0.0874. The van der Waals surface area contributed by atoms with E-state index in [2.05, 4.69) is 5.32 Å². The van der Waals surface area contributed by atoms with Gasteiger partial charge in [-0.15, -0.1) is 0 Å². The van der Waals surface area contributed by atoms with Gasteiger partial charge in [0, 0.05) is 20.0 Å². The summed E-state index contributed by atoms with van der Waals surface area (Å²) >= 11 is 0. The van der Waals surface area contributed by atoms with E-state index in [4.69, 9.17) is 0 Å². The summed E-state index contributed by atoms with van der Waals surface area (Å²) in [6.45, 7) is 7.21. The Balaban J connectivity index is 1.83. The summed E-state index contributed by atoms with van der Waals surface area (Å²) in [5, 5.41) is 2.72. The number of nitrogens with zero attached hydrogens (tertiary/aromatic N) is 2. The van der Waals surface area contributed by atoms with Crippen LogP contribution in [0.3, 0.4) is 0 Å². The van der Waals surface area contributed by atoms with Crippen LogP contribution in [0.1, 0.15) is 33.4 Å². The summed E-state index contributed by atoms with van der Waals surface area (Å²) < 4.78 is 29.6. The molecule has 0 spiro atoms. The van der Waals surface area contributed by atoms with Crippen LogP contribution in [0, 0.1) is 27.7 Å². The molecule has 4 aromatic carbocycles. The van der Waals surface area contributed by atoms with Crippen molar-refractivity contribution in [2.24, 2.45) is 0 Å². The van der Waals surface area contributed by atoms with Crippen molar-refractivity contribution in [3.05, 3.63) is 130 Å². The maximum absolute atomic E-state index is 14.5. The summed E-state index contributed by atoms with van der Waals surface area (Å²) in [6, 6.07) is 28.4. The number of hydrogen-bond donors (Lipinski definition) is 1. The van der Waals surface area contributed by atoms with Gasteiger partial charge in [0.25, 0.3) is 10.0 Å². The molecular weight excluding hydrogens is 558 g/mol. The number of aryl methyl sites for hydroxylation is 4. The van der Waals surface area contributed by atoms with Crippen LogP contribution in [0.5, 0.6) is 0 Å². The smallest absolute Gasteiger partial charge is 0.264 e. The molecular formula is C35H39N3O4S. The standard InChI is InChI=1S/C35H39N3O4S/c1-25-16-19-31(20-17-25)43(41,42)38(32-21-26(2)15-18-28(32)4)24-34(39)37(23-30-14-10-9-11-27(30)3)33(35(40)36-5)22-29-12-7-6-8-13-29/h6-21,33H,22-24H2,1-5H3,(H,36,40)/t33-/m1/s1. The Labute approximate surface area is 255 Å². The molecule has 0 aliphatic heterocycles. The first-order valence-corrected chi connectivity index (χ1v) is 15.7. The molecule has 43 heavy (non-hydrogen) atoms. The Morgan fingerprint density at radius 2 is 1.40 bits per heavy atom. The number of sulfonamides is 1. The summed E-state index contributed by atoms with van der Waals surface area (Å²) in [5.74, 6) is -0.810. The zero-order chi connectivity index (χ0) is 31.1. The fourth-order valence-corrected chi connectivity index (χ4v) is 6.50. The molecule has 8 heteroatoms. The highest BCUT2D eigenvalue weighted by Crippen LogP contribution is 2.29. The zero-order valence-corrected chi connectivity index (χ0v) is 26.2. The molecule has 0 fully saturated rings. The number of likely N-dealkylation sites (N-methyl/N-ethyl adjacent to an activating group) is 1. The summed E-state index contributed by atoms with van der Waals surface area (Å²) in [6.07, 6.45) is 0.270. The van der Waals surface area contributed by atoms with Crippen molar-refractivity contribution in [2.75, 3.05) is 17.9 Å². The maximum atomic E-state index is 14.5. The van der Waals surface area contributed by atoms with Crippen LogP contribution in [-0.4, -0.2) is 44.8 Å². The number of carbonyl (C=O) groups is 2. The SMILES string of the molecule is CNC(=O)[C@@H](Cc1ccccc1)N(Cc1ccccc1C)C(=O)CN(c1cc(C)ccc1C)S(=O)(=O)c1ccc(C)cc1. The minimum atomic E-state index is -4.14. The van der Waals surface area contributed by atoms with Crippen LogP contribution in [0.25, 0.3) is 0 Å². The zero-order valence-electron chi connectivity index (χ0n) is 25.4. The van der Waals surface area contributed by atoms with Gasteiger partial charge in [0.2, 0.25) is 11.8 Å². The molecule has 1 atom stereocenters. The topological polar surface area (TPSA) is 86.8 Å². The van der Waals surface area contributed by atoms with E-state index in [0.717, 1.165) is 27.8 Å². The van der Waals surface area contributed by atoms with E-state index in [1.165, 1.54) is 9.21 Å². The third-order valence-corrected chi connectivity index (χ3v) is 9.41. The Morgan fingerprint density at radius 3 is 2.05 bits per heavy atom. The van der Waals surface area contributed by atoms with Gasteiger partial charge < -0.3 is 10.2 Å². The van der Waals surface area contributed by atoms with Crippen molar-refractivity contribution in [2.45, 2.75) is 51.6 Å². The number of hydrogen-bond acceptors (Lipinski definition) is 4. The van der Waals surface area contributed by atoms with Gasteiger partial charge in [0.05, 0.1) is 10.6 Å². The highest BCUT2D eigenvalue weighted by molar-refractivity contribution is 7.92. The van der Waals surface area contributed by atoms with E-state index in [1.54, 1.807) is 37.4 Å². The molecule has 224 valence electrons. The normalized spacial score (nSPS) is 11.9. The summed E-state index contributed by atoms with van der Waals surface area (Å²) in [4.78, 5) is 29.5. The van der Waals surface area contributed by atoms with Gasteiger partial charge in [-0.25, -0.2) is 8.42 Å². The van der Waals surface area contributed by atoms with Crippen LogP contribution >= 0.6 is 0 Å². The fourth-order valence-electron chi connectivity index (χ4n) is 5.03. The van der Waals surface area contributed by atoms with Crippen LogP contribution in [-0.2, 0) is 32.6 Å². The molecule has 4 aromatic rings. The van der Waals surface area contributed by atoms with Crippen LogP contribution < -0.4 is 9.62 Å². The van der Waals surface area contributed by atoms with Gasteiger partial charge in [-0.3, -0.25) is 13.9 Å². The van der Waals surface area contributed by atoms with Crippen molar-refractivity contribution in [3.63, 3.8) is 0 Å². The summed E-state index contributed by atoms with van der Waals surface area (Å²) in [7, 11) is -2.60. The number of amides is 2. The third kappa shape index (κ3) is 7.51. The second kappa shape index (κ2) is 13.7. The van der Waals surface area contributed by atoms with E-state index in [0.29, 0.717) is 11.3 Å². The molecule has 0 unspecified atom stereocenters. The fraction of sp³-hybridized carbons (Fsp3) is 0.257. The minimum Gasteiger partial charge on any atom is -0.357 e. The van der Waals surface area contributed by atoms with E-state index >= 15 is 0 Å². The van der Waals surface area contributed by atoms with Crippen molar-refractivity contribution in [1.29, 1.82) is 0 Å². The third-order valence-electron chi connectivity index (χ3n) is 7.64. The molecule has 0 aromatic heterocycles. The van der Waals surface area contributed by atoms with Crippen molar-refractivity contribution < 1.29 is 18.0 Å².